The molecule has 1 unspecified atom stereocenters. The molecule has 9 nitrogen and oxygen atoms in total. The summed E-state index contributed by atoms with van der Waals surface area (Å²) in [7, 11) is 1.69. The summed E-state index contributed by atoms with van der Waals surface area (Å²) in [5, 5.41) is 19.3. The summed E-state index contributed by atoms with van der Waals surface area (Å²) in [5.74, 6) is -0.335. The highest BCUT2D eigenvalue weighted by Gasteiger charge is 2.29. The number of benzene rings is 2. The maximum atomic E-state index is 13.4. The number of rotatable bonds is 6. The van der Waals surface area contributed by atoms with Gasteiger partial charge in [0, 0.05) is 25.4 Å². The number of hydrogen-bond acceptors (Lipinski definition) is 6. The molecule has 0 radical (unpaired) electrons. The largest absolute Gasteiger partial charge is 0.328 e. The standard InChI is InChI=1S/C23H20N6O3/c1-16-21(25-26-28(16)18-11-8-12-19(15-18)29(31)32)23(30)27(2)22(17-9-4-3-5-10-17)20-13-6-7-14-24-20/h3-15,22H,1-2H3. The molecule has 0 spiro atoms. The molecule has 2 heterocycles. The number of carbonyl (C=O) groups is 1. The minimum Gasteiger partial charge on any atom is -0.328 e. The molecule has 1 amide bonds. The average Bonchev–Trinajstić information content (AvgIpc) is 3.21. The van der Waals surface area contributed by atoms with E-state index in [9.17, 15) is 14.9 Å². The van der Waals surface area contributed by atoms with Crippen LogP contribution in [0.5, 0.6) is 0 Å². The van der Waals surface area contributed by atoms with Crippen molar-refractivity contribution in [1.29, 1.82) is 0 Å². The van der Waals surface area contributed by atoms with Gasteiger partial charge in [-0.15, -0.1) is 5.10 Å². The van der Waals surface area contributed by atoms with E-state index in [1.807, 2.05) is 48.5 Å². The van der Waals surface area contributed by atoms with Crippen LogP contribution in [0.1, 0.15) is 33.5 Å². The number of non-ortho nitro benzene ring substituents is 1. The molecular weight excluding hydrogens is 408 g/mol. The number of nitro benzene ring substituents is 1. The van der Waals surface area contributed by atoms with Crippen LogP contribution in [0, 0.1) is 17.0 Å². The van der Waals surface area contributed by atoms with Crippen molar-refractivity contribution in [2.75, 3.05) is 7.05 Å². The Morgan fingerprint density at radius 2 is 1.81 bits per heavy atom. The maximum Gasteiger partial charge on any atom is 0.276 e. The molecule has 0 aliphatic rings. The smallest absolute Gasteiger partial charge is 0.276 e. The summed E-state index contributed by atoms with van der Waals surface area (Å²) in [4.78, 5) is 30.1. The Bertz CT molecular complexity index is 1220. The molecule has 0 aliphatic heterocycles. The number of nitro groups is 1. The first-order valence-corrected chi connectivity index (χ1v) is 9.87. The molecule has 160 valence electrons. The topological polar surface area (TPSA) is 107 Å². The van der Waals surface area contributed by atoms with Gasteiger partial charge in [0.15, 0.2) is 5.69 Å². The van der Waals surface area contributed by atoms with Crippen molar-refractivity contribution in [1.82, 2.24) is 24.9 Å². The first-order chi connectivity index (χ1) is 15.5. The number of pyridine rings is 1. The fourth-order valence-corrected chi connectivity index (χ4v) is 3.56. The van der Waals surface area contributed by atoms with Gasteiger partial charge < -0.3 is 4.90 Å². The normalized spacial score (nSPS) is 11.7. The molecule has 9 heteroatoms. The lowest BCUT2D eigenvalue weighted by molar-refractivity contribution is -0.384. The second-order valence-corrected chi connectivity index (χ2v) is 7.20. The van der Waals surface area contributed by atoms with Crippen LogP contribution in [0.15, 0.2) is 79.0 Å². The van der Waals surface area contributed by atoms with Crippen LogP contribution in [-0.2, 0) is 0 Å². The van der Waals surface area contributed by atoms with E-state index >= 15 is 0 Å². The highest BCUT2D eigenvalue weighted by molar-refractivity contribution is 5.93. The summed E-state index contributed by atoms with van der Waals surface area (Å²) in [6.45, 7) is 1.71. The predicted molar refractivity (Wildman–Crippen MR) is 117 cm³/mol. The Balaban J connectivity index is 1.71. The summed E-state index contributed by atoms with van der Waals surface area (Å²) in [5.41, 5.74) is 2.66. The number of nitrogens with zero attached hydrogens (tertiary/aromatic N) is 6. The summed E-state index contributed by atoms with van der Waals surface area (Å²) >= 11 is 0. The Morgan fingerprint density at radius 3 is 2.50 bits per heavy atom. The molecule has 2 aromatic heterocycles. The molecule has 0 saturated heterocycles. The lowest BCUT2D eigenvalue weighted by Crippen LogP contribution is -2.33. The van der Waals surface area contributed by atoms with Crippen molar-refractivity contribution in [3.05, 3.63) is 112 Å². The molecule has 32 heavy (non-hydrogen) atoms. The zero-order valence-corrected chi connectivity index (χ0v) is 17.5. The summed E-state index contributed by atoms with van der Waals surface area (Å²) in [6.07, 6.45) is 1.69. The van der Waals surface area contributed by atoms with Gasteiger partial charge in [0.25, 0.3) is 11.6 Å². The zero-order chi connectivity index (χ0) is 22.7. The molecule has 0 fully saturated rings. The van der Waals surface area contributed by atoms with Gasteiger partial charge in [-0.3, -0.25) is 19.9 Å². The first-order valence-electron chi connectivity index (χ1n) is 9.87. The Morgan fingerprint density at radius 1 is 1.06 bits per heavy atom. The fraction of sp³-hybridized carbons (Fsp3) is 0.130. The SMILES string of the molecule is Cc1c(C(=O)N(C)C(c2ccccc2)c2ccccn2)nnn1-c1cccc([N+](=O)[O-])c1. The van der Waals surface area contributed by atoms with Gasteiger partial charge in [-0.1, -0.05) is 47.7 Å². The molecule has 4 aromatic rings. The predicted octanol–water partition coefficient (Wildman–Crippen LogP) is 3.74. The van der Waals surface area contributed by atoms with Crippen LogP contribution in [0.4, 0.5) is 5.69 Å². The van der Waals surface area contributed by atoms with Gasteiger partial charge in [0.1, 0.15) is 0 Å². The quantitative estimate of drug-likeness (QED) is 0.342. The van der Waals surface area contributed by atoms with Gasteiger partial charge >= 0.3 is 0 Å². The number of amides is 1. The Kier molecular flexibility index (Phi) is 5.71. The first kappa shape index (κ1) is 20.9. The zero-order valence-electron chi connectivity index (χ0n) is 17.5. The Hall–Kier alpha value is -4.40. The van der Waals surface area contributed by atoms with Gasteiger partial charge in [-0.05, 0) is 30.7 Å². The highest BCUT2D eigenvalue weighted by atomic mass is 16.6. The lowest BCUT2D eigenvalue weighted by Gasteiger charge is -2.27. The molecule has 0 aliphatic carbocycles. The van der Waals surface area contributed by atoms with E-state index in [1.54, 1.807) is 37.2 Å². The van der Waals surface area contributed by atoms with Crippen LogP contribution in [0.2, 0.25) is 0 Å². The Labute approximate surface area is 184 Å². The van der Waals surface area contributed by atoms with Crippen LogP contribution < -0.4 is 0 Å². The van der Waals surface area contributed by atoms with Crippen molar-refractivity contribution in [3.8, 4) is 5.69 Å². The van der Waals surface area contributed by atoms with E-state index in [-0.39, 0.29) is 17.3 Å². The molecular formula is C23H20N6O3. The second-order valence-electron chi connectivity index (χ2n) is 7.20. The third-order valence-electron chi connectivity index (χ3n) is 5.17. The van der Waals surface area contributed by atoms with Crippen LogP contribution in [-0.4, -0.2) is 42.8 Å². The highest BCUT2D eigenvalue weighted by Crippen LogP contribution is 2.28. The van der Waals surface area contributed by atoms with Gasteiger partial charge in [-0.2, -0.15) is 0 Å². The lowest BCUT2D eigenvalue weighted by atomic mass is 10.0. The second kappa shape index (κ2) is 8.76. The van der Waals surface area contributed by atoms with E-state index in [0.29, 0.717) is 11.4 Å². The van der Waals surface area contributed by atoms with Crippen molar-refractivity contribution in [3.63, 3.8) is 0 Å². The summed E-state index contributed by atoms with van der Waals surface area (Å²) in [6, 6.07) is 20.8. The minimum atomic E-state index is -0.479. The molecule has 0 saturated carbocycles. The molecule has 2 aromatic carbocycles. The van der Waals surface area contributed by atoms with Gasteiger partial charge in [-0.25, -0.2) is 4.68 Å². The van der Waals surface area contributed by atoms with Crippen molar-refractivity contribution < 1.29 is 9.72 Å². The van der Waals surface area contributed by atoms with E-state index < -0.39 is 11.0 Å². The van der Waals surface area contributed by atoms with Crippen LogP contribution >= 0.6 is 0 Å². The molecule has 1 atom stereocenters. The van der Waals surface area contributed by atoms with E-state index in [0.717, 1.165) is 11.3 Å². The molecule has 0 N–H and O–H groups in total. The van der Waals surface area contributed by atoms with Crippen LogP contribution in [0.3, 0.4) is 0 Å². The number of aromatic nitrogens is 4. The minimum absolute atomic E-state index is 0.0679. The van der Waals surface area contributed by atoms with Crippen molar-refractivity contribution in [2.24, 2.45) is 0 Å². The average molecular weight is 428 g/mol. The van der Waals surface area contributed by atoms with Crippen LogP contribution in [0.25, 0.3) is 5.69 Å². The van der Waals surface area contributed by atoms with Crippen molar-refractivity contribution in [2.45, 2.75) is 13.0 Å². The molecule has 0 bridgehead atoms. The number of hydrogen-bond donors (Lipinski definition) is 0. The van der Waals surface area contributed by atoms with E-state index in [2.05, 4.69) is 15.3 Å². The van der Waals surface area contributed by atoms with Gasteiger partial charge in [0.2, 0.25) is 0 Å². The maximum absolute atomic E-state index is 13.4. The van der Waals surface area contributed by atoms with Gasteiger partial charge in [0.05, 0.1) is 28.0 Å². The van der Waals surface area contributed by atoms with E-state index in [4.69, 9.17) is 0 Å². The monoisotopic (exact) mass is 428 g/mol. The third-order valence-corrected chi connectivity index (χ3v) is 5.17. The summed E-state index contributed by atoms with van der Waals surface area (Å²) < 4.78 is 1.42. The fourth-order valence-electron chi connectivity index (χ4n) is 3.56. The van der Waals surface area contributed by atoms with Crippen molar-refractivity contribution >= 4 is 11.6 Å². The van der Waals surface area contributed by atoms with E-state index in [1.165, 1.54) is 16.8 Å². The molecule has 4 rings (SSSR count). The third kappa shape index (κ3) is 3.95. The number of carbonyl (C=O) groups excluding carboxylic acids is 1.